The minimum absolute atomic E-state index is 0.0154. The summed E-state index contributed by atoms with van der Waals surface area (Å²) in [5, 5.41) is 0. The van der Waals surface area contributed by atoms with Gasteiger partial charge in [-0.25, -0.2) is 9.19 Å². The molecule has 0 bridgehead atoms. The molecule has 0 amide bonds. The molecule has 5 nitrogen and oxygen atoms in total. The Labute approximate surface area is 172 Å². The van der Waals surface area contributed by atoms with Gasteiger partial charge in [0.25, 0.3) is 0 Å². The summed E-state index contributed by atoms with van der Waals surface area (Å²) in [6, 6.07) is 6.32. The van der Waals surface area contributed by atoms with Crippen LogP contribution in [-0.2, 0) is 22.9 Å². The molecule has 0 aliphatic carbocycles. The molecule has 1 aliphatic rings. The van der Waals surface area contributed by atoms with Gasteiger partial charge in [0.1, 0.15) is 16.8 Å². The number of nitrogens with zero attached hydrogens (tertiary/aromatic N) is 4. The summed E-state index contributed by atoms with van der Waals surface area (Å²) >= 11 is 0. The van der Waals surface area contributed by atoms with Crippen LogP contribution >= 0.6 is 0 Å². The third-order valence-electron chi connectivity index (χ3n) is 5.40. The van der Waals surface area contributed by atoms with Crippen LogP contribution in [0, 0.1) is 5.92 Å². The van der Waals surface area contributed by atoms with Crippen LogP contribution in [0.5, 0.6) is 0 Å². The molecule has 2 aromatic rings. The SMILES string of the molecule is CC(C)Cn1c(C(C)(C)C)nc2cc(N(C)S(=O)CCN3CCCC3)ccc21. The molecule has 2 heterocycles. The van der Waals surface area contributed by atoms with Crippen molar-refractivity contribution in [1.82, 2.24) is 14.5 Å². The highest BCUT2D eigenvalue weighted by atomic mass is 32.2. The molecule has 156 valence electrons. The lowest BCUT2D eigenvalue weighted by Crippen LogP contribution is -2.30. The molecule has 1 fully saturated rings. The Morgan fingerprint density at radius 1 is 1.21 bits per heavy atom. The second kappa shape index (κ2) is 8.54. The smallest absolute Gasteiger partial charge is 0.120 e. The van der Waals surface area contributed by atoms with Gasteiger partial charge in [-0.05, 0) is 50.0 Å². The first kappa shape index (κ1) is 21.3. The summed E-state index contributed by atoms with van der Waals surface area (Å²) in [6.07, 6.45) is 2.54. The van der Waals surface area contributed by atoms with Crippen molar-refractivity contribution in [3.8, 4) is 0 Å². The Balaban J connectivity index is 1.83. The summed E-state index contributed by atoms with van der Waals surface area (Å²) in [5.74, 6) is 2.36. The standard InChI is InChI=1S/C22H36N4OS/c1-17(2)16-26-20-10-9-18(15-19(20)23-21(26)22(3,4)5)24(6)28(27)14-13-25-11-7-8-12-25/h9-10,15,17H,7-8,11-14,16H2,1-6H3. The van der Waals surface area contributed by atoms with Crippen molar-refractivity contribution in [1.29, 1.82) is 0 Å². The number of rotatable bonds is 7. The van der Waals surface area contributed by atoms with E-state index < -0.39 is 11.0 Å². The largest absolute Gasteiger partial charge is 0.327 e. The van der Waals surface area contributed by atoms with Crippen molar-refractivity contribution < 1.29 is 4.21 Å². The van der Waals surface area contributed by atoms with Crippen LogP contribution < -0.4 is 4.31 Å². The van der Waals surface area contributed by atoms with Crippen molar-refractivity contribution in [2.24, 2.45) is 5.92 Å². The lowest BCUT2D eigenvalue weighted by Gasteiger charge is -2.21. The van der Waals surface area contributed by atoms with Crippen LogP contribution in [0.3, 0.4) is 0 Å². The number of aromatic nitrogens is 2. The van der Waals surface area contributed by atoms with E-state index in [1.807, 2.05) is 11.4 Å². The zero-order chi connectivity index (χ0) is 20.5. The van der Waals surface area contributed by atoms with Gasteiger partial charge in [0, 0.05) is 25.6 Å². The number of imidazole rings is 1. The van der Waals surface area contributed by atoms with Gasteiger partial charge in [0.15, 0.2) is 0 Å². The number of hydrogen-bond acceptors (Lipinski definition) is 3. The Morgan fingerprint density at radius 3 is 2.50 bits per heavy atom. The topological polar surface area (TPSA) is 41.4 Å². The monoisotopic (exact) mass is 404 g/mol. The van der Waals surface area contributed by atoms with E-state index in [0.29, 0.717) is 11.7 Å². The summed E-state index contributed by atoms with van der Waals surface area (Å²) in [4.78, 5) is 7.39. The molecule has 0 spiro atoms. The first-order chi connectivity index (χ1) is 13.2. The number of benzene rings is 1. The molecule has 3 rings (SSSR count). The predicted molar refractivity (Wildman–Crippen MR) is 120 cm³/mol. The molecule has 1 aliphatic heterocycles. The molecule has 1 unspecified atom stereocenters. The number of anilines is 1. The van der Waals surface area contributed by atoms with E-state index in [9.17, 15) is 4.21 Å². The van der Waals surface area contributed by atoms with E-state index >= 15 is 0 Å². The molecular formula is C22H36N4OS. The third kappa shape index (κ3) is 4.77. The molecule has 1 aromatic carbocycles. The van der Waals surface area contributed by atoms with Gasteiger partial charge in [-0.2, -0.15) is 0 Å². The molecule has 0 N–H and O–H groups in total. The van der Waals surface area contributed by atoms with E-state index in [-0.39, 0.29) is 5.41 Å². The fraction of sp³-hybridized carbons (Fsp3) is 0.682. The number of fused-ring (bicyclic) bond motifs is 1. The maximum atomic E-state index is 12.8. The third-order valence-corrected chi connectivity index (χ3v) is 6.75. The van der Waals surface area contributed by atoms with E-state index in [1.165, 1.54) is 18.4 Å². The van der Waals surface area contributed by atoms with Crippen molar-refractivity contribution >= 4 is 27.7 Å². The van der Waals surface area contributed by atoms with Crippen LogP contribution in [0.4, 0.5) is 5.69 Å². The zero-order valence-corrected chi connectivity index (χ0v) is 19.2. The lowest BCUT2D eigenvalue weighted by molar-refractivity contribution is 0.361. The second-order valence-electron chi connectivity index (χ2n) is 9.43. The summed E-state index contributed by atoms with van der Waals surface area (Å²) in [6.45, 7) is 15.3. The van der Waals surface area contributed by atoms with Crippen LogP contribution in [0.1, 0.15) is 53.3 Å². The molecule has 1 saturated heterocycles. The van der Waals surface area contributed by atoms with Gasteiger partial charge in [-0.1, -0.05) is 34.6 Å². The Hall–Kier alpha value is -1.40. The summed E-state index contributed by atoms with van der Waals surface area (Å²) < 4.78 is 17.0. The summed E-state index contributed by atoms with van der Waals surface area (Å²) in [5.41, 5.74) is 3.12. The van der Waals surface area contributed by atoms with Gasteiger partial charge in [0.05, 0.1) is 22.5 Å². The fourth-order valence-electron chi connectivity index (χ4n) is 3.90. The second-order valence-corrected chi connectivity index (χ2v) is 11.0. The molecule has 0 saturated carbocycles. The fourth-order valence-corrected chi connectivity index (χ4v) is 4.94. The van der Waals surface area contributed by atoms with Gasteiger partial charge < -0.3 is 9.47 Å². The maximum absolute atomic E-state index is 12.8. The van der Waals surface area contributed by atoms with E-state index in [4.69, 9.17) is 4.98 Å². The Morgan fingerprint density at radius 2 is 1.89 bits per heavy atom. The zero-order valence-electron chi connectivity index (χ0n) is 18.4. The van der Waals surface area contributed by atoms with Crippen molar-refractivity contribution in [2.75, 3.05) is 36.7 Å². The Kier molecular flexibility index (Phi) is 6.50. The highest BCUT2D eigenvalue weighted by Crippen LogP contribution is 2.30. The average Bonchev–Trinajstić information content (AvgIpc) is 3.26. The van der Waals surface area contributed by atoms with Crippen molar-refractivity contribution in [3.05, 3.63) is 24.0 Å². The van der Waals surface area contributed by atoms with E-state index in [0.717, 1.165) is 43.2 Å². The minimum Gasteiger partial charge on any atom is -0.327 e. The van der Waals surface area contributed by atoms with Gasteiger partial charge in [-0.15, -0.1) is 0 Å². The summed E-state index contributed by atoms with van der Waals surface area (Å²) in [7, 11) is 0.905. The van der Waals surface area contributed by atoms with Crippen LogP contribution in [0.15, 0.2) is 18.2 Å². The van der Waals surface area contributed by atoms with Gasteiger partial charge in [-0.3, -0.25) is 4.31 Å². The molecule has 1 aromatic heterocycles. The van der Waals surface area contributed by atoms with Crippen LogP contribution in [0.2, 0.25) is 0 Å². The highest BCUT2D eigenvalue weighted by molar-refractivity contribution is 7.86. The normalized spacial score (nSPS) is 17.0. The molecule has 0 radical (unpaired) electrons. The maximum Gasteiger partial charge on any atom is 0.120 e. The number of likely N-dealkylation sites (tertiary alicyclic amines) is 1. The minimum atomic E-state index is -1.02. The highest BCUT2D eigenvalue weighted by Gasteiger charge is 2.24. The lowest BCUT2D eigenvalue weighted by atomic mass is 9.95. The van der Waals surface area contributed by atoms with E-state index in [2.05, 4.69) is 62.3 Å². The molecular weight excluding hydrogens is 368 g/mol. The first-order valence-corrected chi connectivity index (χ1v) is 11.8. The molecule has 6 heteroatoms. The molecule has 28 heavy (non-hydrogen) atoms. The van der Waals surface area contributed by atoms with Crippen molar-refractivity contribution in [2.45, 2.75) is 59.4 Å². The van der Waals surface area contributed by atoms with E-state index in [1.54, 1.807) is 0 Å². The van der Waals surface area contributed by atoms with Crippen LogP contribution in [0.25, 0.3) is 11.0 Å². The van der Waals surface area contributed by atoms with Crippen molar-refractivity contribution in [3.63, 3.8) is 0 Å². The quantitative estimate of drug-likeness (QED) is 0.695. The predicted octanol–water partition coefficient (Wildman–Crippen LogP) is 4.19. The Bertz CT molecular complexity index is 831. The van der Waals surface area contributed by atoms with Crippen LogP contribution in [-0.4, -0.2) is 51.1 Å². The van der Waals surface area contributed by atoms with Gasteiger partial charge in [0.2, 0.25) is 0 Å². The van der Waals surface area contributed by atoms with Gasteiger partial charge >= 0.3 is 0 Å². The molecule has 1 atom stereocenters. The average molecular weight is 405 g/mol. The first-order valence-electron chi connectivity index (χ1n) is 10.5. The number of hydrogen-bond donors (Lipinski definition) is 0.